The van der Waals surface area contributed by atoms with Gasteiger partial charge in [0.2, 0.25) is 0 Å². The van der Waals surface area contributed by atoms with Crippen LogP contribution < -0.4 is 0 Å². The summed E-state index contributed by atoms with van der Waals surface area (Å²) in [5, 5.41) is 2.19. The van der Waals surface area contributed by atoms with Crippen LogP contribution in [0.15, 0.2) is 42.5 Å². The molecule has 0 aliphatic rings. The lowest BCUT2D eigenvalue weighted by Crippen LogP contribution is -2.36. The van der Waals surface area contributed by atoms with Crippen molar-refractivity contribution in [2.24, 2.45) is 0 Å². The van der Waals surface area contributed by atoms with Crippen molar-refractivity contribution in [2.45, 2.75) is 6.42 Å². The third-order valence-electron chi connectivity index (χ3n) is 3.10. The maximum Gasteiger partial charge on any atom is 0.169 e. The fourth-order valence-electron chi connectivity index (χ4n) is 2.04. The highest BCUT2D eigenvalue weighted by molar-refractivity contribution is 6.08. The van der Waals surface area contributed by atoms with Gasteiger partial charge in [0.05, 0.1) is 34.1 Å². The molecule has 0 N–H and O–H groups in total. The Labute approximate surface area is 116 Å². The molecule has 0 amide bonds. The lowest BCUT2D eigenvalue weighted by Gasteiger charge is -2.23. The van der Waals surface area contributed by atoms with Crippen molar-refractivity contribution in [2.75, 3.05) is 27.7 Å². The summed E-state index contributed by atoms with van der Waals surface area (Å²) >= 11 is 0. The minimum Gasteiger partial charge on any atom is -0.358 e. The second-order valence-corrected chi connectivity index (χ2v) is 5.71. The standard InChI is InChI=1S/C16H20NO.CH3/c1-17(2,3)12-11-16(18)15-10-6-8-13-7-4-5-9-14(13)15;/h4-10H,11-12H2,1-3H3;1H3/q+1;-1. The van der Waals surface area contributed by atoms with Crippen molar-refractivity contribution >= 4 is 16.6 Å². The molecule has 0 fully saturated rings. The summed E-state index contributed by atoms with van der Waals surface area (Å²) in [6.45, 7) is 0.863. The molecular weight excluding hydrogens is 234 g/mol. The molecule has 2 aromatic rings. The molecule has 0 aliphatic heterocycles. The van der Waals surface area contributed by atoms with Gasteiger partial charge in [0, 0.05) is 5.56 Å². The molecule has 2 nitrogen and oxygen atoms in total. The number of quaternary nitrogens is 1. The topological polar surface area (TPSA) is 17.1 Å². The zero-order valence-electron chi connectivity index (χ0n) is 12.3. The fraction of sp³-hybridized carbons (Fsp3) is 0.294. The van der Waals surface area contributed by atoms with Crippen molar-refractivity contribution < 1.29 is 9.28 Å². The van der Waals surface area contributed by atoms with Gasteiger partial charge in [-0.15, -0.1) is 0 Å². The Hall–Kier alpha value is -1.67. The summed E-state index contributed by atoms with van der Waals surface area (Å²) in [7, 11) is 6.32. The molecule has 0 unspecified atom stereocenters. The Bertz CT molecular complexity index is 561. The van der Waals surface area contributed by atoms with Crippen molar-refractivity contribution in [3.8, 4) is 0 Å². The number of ketones is 1. The van der Waals surface area contributed by atoms with E-state index in [-0.39, 0.29) is 13.2 Å². The smallest absolute Gasteiger partial charge is 0.169 e. The van der Waals surface area contributed by atoms with Crippen LogP contribution in [0.2, 0.25) is 0 Å². The molecule has 0 aromatic heterocycles. The highest BCUT2D eigenvalue weighted by Gasteiger charge is 2.14. The van der Waals surface area contributed by atoms with Crippen molar-refractivity contribution in [3.05, 3.63) is 55.5 Å². The van der Waals surface area contributed by atoms with Gasteiger partial charge in [-0.05, 0) is 10.8 Å². The van der Waals surface area contributed by atoms with Crippen LogP contribution in [0.1, 0.15) is 16.8 Å². The Morgan fingerprint density at radius 1 is 1.00 bits per heavy atom. The molecule has 0 bridgehead atoms. The van der Waals surface area contributed by atoms with Gasteiger partial charge < -0.3 is 11.9 Å². The predicted octanol–water partition coefficient (Wildman–Crippen LogP) is 3.57. The van der Waals surface area contributed by atoms with Crippen molar-refractivity contribution in [3.63, 3.8) is 0 Å². The van der Waals surface area contributed by atoms with Crippen LogP contribution in [0.5, 0.6) is 0 Å². The molecule has 2 rings (SSSR count). The number of carbonyl (C=O) groups excluding carboxylic acids is 1. The van der Waals surface area contributed by atoms with Gasteiger partial charge in [-0.1, -0.05) is 42.5 Å². The molecule has 0 aliphatic carbocycles. The Morgan fingerprint density at radius 2 is 1.63 bits per heavy atom. The third-order valence-corrected chi connectivity index (χ3v) is 3.10. The molecule has 0 atom stereocenters. The first-order chi connectivity index (χ1) is 8.47. The first kappa shape index (κ1) is 15.4. The van der Waals surface area contributed by atoms with E-state index in [2.05, 4.69) is 21.1 Å². The van der Waals surface area contributed by atoms with E-state index in [1.807, 2.05) is 42.5 Å². The first-order valence-electron chi connectivity index (χ1n) is 6.29. The van der Waals surface area contributed by atoms with Crippen LogP contribution in [0.3, 0.4) is 0 Å². The van der Waals surface area contributed by atoms with E-state index in [4.69, 9.17) is 0 Å². The molecule has 102 valence electrons. The first-order valence-corrected chi connectivity index (χ1v) is 6.29. The SMILES string of the molecule is C[N+](C)(C)CCC(=O)c1cccc2ccccc12.[CH3-]. The van der Waals surface area contributed by atoms with Crippen LogP contribution in [0.4, 0.5) is 0 Å². The lowest BCUT2D eigenvalue weighted by molar-refractivity contribution is -0.869. The Kier molecular flexibility index (Phi) is 4.84. The number of Topliss-reactive ketones (excluding diaryl/α,β-unsaturated/α-hetero) is 1. The molecular formula is C17H23NO. The number of carbonyl (C=O) groups is 1. The van der Waals surface area contributed by atoms with E-state index in [0.717, 1.165) is 27.4 Å². The van der Waals surface area contributed by atoms with Crippen LogP contribution >= 0.6 is 0 Å². The van der Waals surface area contributed by atoms with Gasteiger partial charge in [0.25, 0.3) is 0 Å². The van der Waals surface area contributed by atoms with Gasteiger partial charge >= 0.3 is 0 Å². The largest absolute Gasteiger partial charge is 0.358 e. The van der Waals surface area contributed by atoms with Gasteiger partial charge in [0.1, 0.15) is 0 Å². The van der Waals surface area contributed by atoms with Crippen LogP contribution in [0.25, 0.3) is 10.8 Å². The Balaban J connectivity index is 0.00000180. The van der Waals surface area contributed by atoms with E-state index >= 15 is 0 Å². The molecule has 2 aromatic carbocycles. The number of benzene rings is 2. The minimum absolute atomic E-state index is 0. The van der Waals surface area contributed by atoms with E-state index in [1.165, 1.54) is 0 Å². The highest BCUT2D eigenvalue weighted by atomic mass is 16.1. The summed E-state index contributed by atoms with van der Waals surface area (Å²) in [5.41, 5.74) is 0.849. The minimum atomic E-state index is 0. The maximum absolute atomic E-state index is 12.3. The average molecular weight is 257 g/mol. The molecule has 19 heavy (non-hydrogen) atoms. The Morgan fingerprint density at radius 3 is 2.32 bits per heavy atom. The maximum atomic E-state index is 12.3. The quantitative estimate of drug-likeness (QED) is 0.465. The fourth-order valence-corrected chi connectivity index (χ4v) is 2.04. The number of hydrogen-bond acceptors (Lipinski definition) is 1. The third kappa shape index (κ3) is 3.90. The molecule has 0 saturated heterocycles. The summed E-state index contributed by atoms with van der Waals surface area (Å²) in [6.07, 6.45) is 0.595. The summed E-state index contributed by atoms with van der Waals surface area (Å²) in [5.74, 6) is 0.236. The zero-order chi connectivity index (χ0) is 13.2. The highest BCUT2D eigenvalue weighted by Crippen LogP contribution is 2.20. The summed E-state index contributed by atoms with van der Waals surface area (Å²) < 4.78 is 0.816. The van der Waals surface area contributed by atoms with E-state index in [1.54, 1.807) is 0 Å². The van der Waals surface area contributed by atoms with Crippen LogP contribution in [-0.2, 0) is 0 Å². The summed E-state index contributed by atoms with van der Waals surface area (Å²) in [6, 6.07) is 14.0. The number of fused-ring (bicyclic) bond motifs is 1. The molecule has 2 heteroatoms. The molecule has 0 saturated carbocycles. The number of rotatable bonds is 4. The molecule has 0 radical (unpaired) electrons. The predicted molar refractivity (Wildman–Crippen MR) is 82.2 cm³/mol. The number of hydrogen-bond donors (Lipinski definition) is 0. The van der Waals surface area contributed by atoms with E-state index < -0.39 is 0 Å². The normalized spacial score (nSPS) is 11.1. The van der Waals surface area contributed by atoms with Gasteiger partial charge in [0.15, 0.2) is 5.78 Å². The van der Waals surface area contributed by atoms with E-state index in [9.17, 15) is 4.79 Å². The number of nitrogens with zero attached hydrogens (tertiary/aromatic N) is 1. The van der Waals surface area contributed by atoms with Crippen molar-refractivity contribution in [1.82, 2.24) is 0 Å². The molecule has 0 spiro atoms. The molecule has 0 heterocycles. The zero-order valence-corrected chi connectivity index (χ0v) is 12.3. The van der Waals surface area contributed by atoms with Crippen molar-refractivity contribution in [1.29, 1.82) is 0 Å². The van der Waals surface area contributed by atoms with Gasteiger partial charge in [-0.25, -0.2) is 0 Å². The second kappa shape index (κ2) is 5.98. The van der Waals surface area contributed by atoms with Gasteiger partial charge in [-0.3, -0.25) is 4.79 Å². The average Bonchev–Trinajstić information content (AvgIpc) is 2.34. The lowest BCUT2D eigenvalue weighted by atomic mass is 10.00. The van der Waals surface area contributed by atoms with Crippen LogP contribution in [-0.4, -0.2) is 38.0 Å². The van der Waals surface area contributed by atoms with E-state index in [0.29, 0.717) is 6.42 Å². The summed E-state index contributed by atoms with van der Waals surface area (Å²) in [4.78, 5) is 12.3. The second-order valence-electron chi connectivity index (χ2n) is 5.71. The van der Waals surface area contributed by atoms with Gasteiger partial charge in [-0.2, -0.15) is 0 Å². The monoisotopic (exact) mass is 257 g/mol. The van der Waals surface area contributed by atoms with Crippen LogP contribution in [0, 0.1) is 7.43 Å².